The van der Waals surface area contributed by atoms with Gasteiger partial charge in [0.05, 0.1) is 26.2 Å². The normalized spacial score (nSPS) is 26.6. The summed E-state index contributed by atoms with van der Waals surface area (Å²) in [6.45, 7) is 2.90. The highest BCUT2D eigenvalue weighted by Crippen LogP contribution is 2.40. The van der Waals surface area contributed by atoms with Crippen molar-refractivity contribution in [3.63, 3.8) is 0 Å². The van der Waals surface area contributed by atoms with Crippen LogP contribution in [0.25, 0.3) is 0 Å². The largest absolute Gasteiger partial charge is 0.497 e. The Hall–Kier alpha value is -1.75. The van der Waals surface area contributed by atoms with Gasteiger partial charge in [-0.25, -0.2) is 0 Å². The second-order valence-electron chi connectivity index (χ2n) is 8.57. The third-order valence-electron chi connectivity index (χ3n) is 7.00. The van der Waals surface area contributed by atoms with E-state index in [4.69, 9.17) is 9.47 Å². The van der Waals surface area contributed by atoms with Crippen molar-refractivity contribution >= 4 is 5.91 Å². The Bertz CT molecular complexity index is 686. The SMILES string of the molecule is COc1ccc(C2CCCN2C(=O)C2CCN(C3CCCCC3)C2)c(OC)c1. The molecule has 2 saturated heterocycles. The van der Waals surface area contributed by atoms with Crippen LogP contribution < -0.4 is 9.47 Å². The fourth-order valence-electron chi connectivity index (χ4n) is 5.45. The number of benzene rings is 1. The predicted molar refractivity (Wildman–Crippen MR) is 110 cm³/mol. The van der Waals surface area contributed by atoms with Crippen LogP contribution in [0.15, 0.2) is 18.2 Å². The molecule has 1 aromatic rings. The van der Waals surface area contributed by atoms with Crippen molar-refractivity contribution in [1.29, 1.82) is 0 Å². The van der Waals surface area contributed by atoms with E-state index in [1.807, 2.05) is 12.1 Å². The van der Waals surface area contributed by atoms with E-state index in [1.165, 1.54) is 32.1 Å². The molecule has 5 nitrogen and oxygen atoms in total. The zero-order valence-electron chi connectivity index (χ0n) is 17.4. The number of rotatable bonds is 5. The average molecular weight is 387 g/mol. The molecule has 1 saturated carbocycles. The van der Waals surface area contributed by atoms with Crippen LogP contribution >= 0.6 is 0 Å². The molecular formula is C23H34N2O3. The summed E-state index contributed by atoms with van der Waals surface area (Å²) in [6, 6.07) is 6.80. The molecule has 1 aromatic carbocycles. The summed E-state index contributed by atoms with van der Waals surface area (Å²) in [5, 5.41) is 0. The summed E-state index contributed by atoms with van der Waals surface area (Å²) in [5.41, 5.74) is 1.11. The van der Waals surface area contributed by atoms with E-state index in [-0.39, 0.29) is 12.0 Å². The fourth-order valence-corrected chi connectivity index (χ4v) is 5.45. The minimum Gasteiger partial charge on any atom is -0.497 e. The summed E-state index contributed by atoms with van der Waals surface area (Å²) in [4.78, 5) is 18.1. The van der Waals surface area contributed by atoms with Crippen molar-refractivity contribution in [2.75, 3.05) is 33.9 Å². The number of likely N-dealkylation sites (tertiary alicyclic amines) is 2. The number of nitrogens with zero attached hydrogens (tertiary/aromatic N) is 2. The molecule has 28 heavy (non-hydrogen) atoms. The molecule has 3 aliphatic rings. The Morgan fingerprint density at radius 3 is 2.54 bits per heavy atom. The lowest BCUT2D eigenvalue weighted by atomic mass is 9.94. The molecule has 0 bridgehead atoms. The van der Waals surface area contributed by atoms with Crippen molar-refractivity contribution in [1.82, 2.24) is 9.80 Å². The highest BCUT2D eigenvalue weighted by Gasteiger charge is 2.39. The second-order valence-corrected chi connectivity index (χ2v) is 8.57. The number of carbonyl (C=O) groups excluding carboxylic acids is 1. The Morgan fingerprint density at radius 1 is 0.964 bits per heavy atom. The molecule has 3 fully saturated rings. The van der Waals surface area contributed by atoms with Gasteiger partial charge < -0.3 is 14.4 Å². The van der Waals surface area contributed by atoms with Crippen molar-refractivity contribution in [3.8, 4) is 11.5 Å². The van der Waals surface area contributed by atoms with Gasteiger partial charge in [0.15, 0.2) is 0 Å². The Balaban J connectivity index is 1.45. The lowest BCUT2D eigenvalue weighted by Gasteiger charge is -2.32. The Labute approximate surface area is 169 Å². The van der Waals surface area contributed by atoms with E-state index < -0.39 is 0 Å². The third-order valence-corrected chi connectivity index (χ3v) is 7.00. The van der Waals surface area contributed by atoms with Crippen LogP contribution in [0.3, 0.4) is 0 Å². The number of ether oxygens (including phenoxy) is 2. The average Bonchev–Trinajstić information content (AvgIpc) is 3.43. The summed E-state index contributed by atoms with van der Waals surface area (Å²) in [6.07, 6.45) is 9.80. The minimum atomic E-state index is 0.122. The fraction of sp³-hybridized carbons (Fsp3) is 0.696. The van der Waals surface area contributed by atoms with Crippen LogP contribution in [0.5, 0.6) is 11.5 Å². The van der Waals surface area contributed by atoms with Crippen LogP contribution in [0, 0.1) is 5.92 Å². The molecule has 4 rings (SSSR count). The number of methoxy groups -OCH3 is 2. The molecule has 1 amide bonds. The molecular weight excluding hydrogens is 352 g/mol. The van der Waals surface area contributed by atoms with Crippen molar-refractivity contribution in [3.05, 3.63) is 23.8 Å². The summed E-state index contributed by atoms with van der Waals surface area (Å²) in [5.74, 6) is 2.11. The second kappa shape index (κ2) is 8.73. The molecule has 2 atom stereocenters. The monoisotopic (exact) mass is 386 g/mol. The first-order valence-corrected chi connectivity index (χ1v) is 11.0. The lowest BCUT2D eigenvalue weighted by Crippen LogP contribution is -2.39. The van der Waals surface area contributed by atoms with Crippen molar-refractivity contribution in [2.45, 2.75) is 63.5 Å². The van der Waals surface area contributed by atoms with Crippen LogP contribution in [-0.4, -0.2) is 55.6 Å². The first-order chi connectivity index (χ1) is 13.7. The molecule has 5 heteroatoms. The van der Waals surface area contributed by atoms with Gasteiger partial charge in [-0.2, -0.15) is 0 Å². The number of hydrogen-bond donors (Lipinski definition) is 0. The van der Waals surface area contributed by atoms with Gasteiger partial charge in [0.2, 0.25) is 5.91 Å². The van der Waals surface area contributed by atoms with E-state index in [2.05, 4.69) is 15.9 Å². The predicted octanol–water partition coefficient (Wildman–Crippen LogP) is 4.02. The first-order valence-electron chi connectivity index (χ1n) is 11.0. The molecule has 0 aromatic heterocycles. The van der Waals surface area contributed by atoms with Gasteiger partial charge in [0.1, 0.15) is 11.5 Å². The summed E-state index contributed by atoms with van der Waals surface area (Å²) >= 11 is 0. The topological polar surface area (TPSA) is 42.0 Å². The van der Waals surface area contributed by atoms with Crippen molar-refractivity contribution < 1.29 is 14.3 Å². The lowest BCUT2D eigenvalue weighted by molar-refractivity contribution is -0.136. The van der Waals surface area contributed by atoms with E-state index in [0.717, 1.165) is 56.0 Å². The molecule has 154 valence electrons. The van der Waals surface area contributed by atoms with E-state index in [1.54, 1.807) is 14.2 Å². The Kier molecular flexibility index (Phi) is 6.10. The Morgan fingerprint density at radius 2 is 1.79 bits per heavy atom. The molecule has 2 unspecified atom stereocenters. The molecule has 2 aliphatic heterocycles. The van der Waals surface area contributed by atoms with Crippen LogP contribution in [0.1, 0.15) is 63.0 Å². The zero-order valence-corrected chi connectivity index (χ0v) is 17.4. The maximum Gasteiger partial charge on any atom is 0.227 e. The highest BCUT2D eigenvalue weighted by atomic mass is 16.5. The van der Waals surface area contributed by atoms with Gasteiger partial charge >= 0.3 is 0 Å². The minimum absolute atomic E-state index is 0.122. The van der Waals surface area contributed by atoms with Gasteiger partial charge in [0, 0.05) is 30.8 Å². The zero-order chi connectivity index (χ0) is 19.5. The summed E-state index contributed by atoms with van der Waals surface area (Å²) in [7, 11) is 3.36. The number of hydrogen-bond acceptors (Lipinski definition) is 4. The van der Waals surface area contributed by atoms with Gasteiger partial charge in [-0.1, -0.05) is 19.3 Å². The van der Waals surface area contributed by atoms with E-state index in [0.29, 0.717) is 11.9 Å². The van der Waals surface area contributed by atoms with Crippen LogP contribution in [0.4, 0.5) is 0 Å². The summed E-state index contributed by atoms with van der Waals surface area (Å²) < 4.78 is 11.0. The molecule has 1 aliphatic carbocycles. The van der Waals surface area contributed by atoms with Gasteiger partial charge in [-0.15, -0.1) is 0 Å². The molecule has 0 radical (unpaired) electrons. The molecule has 0 N–H and O–H groups in total. The third kappa shape index (κ3) is 3.86. The van der Waals surface area contributed by atoms with E-state index >= 15 is 0 Å². The van der Waals surface area contributed by atoms with Gasteiger partial charge in [-0.05, 0) is 50.8 Å². The standard InChI is InChI=1S/C23H34N2O3/c1-27-19-10-11-20(22(15-19)28-2)21-9-6-13-25(21)23(26)17-12-14-24(16-17)18-7-4-3-5-8-18/h10-11,15,17-18,21H,3-9,12-14,16H2,1-2H3. The molecule has 2 heterocycles. The maximum absolute atomic E-state index is 13.4. The van der Waals surface area contributed by atoms with Crippen LogP contribution in [-0.2, 0) is 4.79 Å². The van der Waals surface area contributed by atoms with Crippen molar-refractivity contribution in [2.24, 2.45) is 5.92 Å². The smallest absolute Gasteiger partial charge is 0.227 e. The van der Waals surface area contributed by atoms with Gasteiger partial charge in [-0.3, -0.25) is 9.69 Å². The van der Waals surface area contributed by atoms with Crippen LogP contribution in [0.2, 0.25) is 0 Å². The number of amides is 1. The van der Waals surface area contributed by atoms with E-state index in [9.17, 15) is 4.79 Å². The first kappa shape index (κ1) is 19.6. The highest BCUT2D eigenvalue weighted by molar-refractivity contribution is 5.80. The maximum atomic E-state index is 13.4. The number of carbonyl (C=O) groups is 1. The molecule has 0 spiro atoms. The quantitative estimate of drug-likeness (QED) is 0.766. The van der Waals surface area contributed by atoms with Gasteiger partial charge in [0.25, 0.3) is 0 Å².